The van der Waals surface area contributed by atoms with Gasteiger partial charge in [0.25, 0.3) is 0 Å². The van der Waals surface area contributed by atoms with Crippen LogP contribution in [-0.2, 0) is 4.43 Å². The van der Waals surface area contributed by atoms with Gasteiger partial charge in [0.15, 0.2) is 0 Å². The van der Waals surface area contributed by atoms with Crippen molar-refractivity contribution >= 4 is 13.5 Å². The van der Waals surface area contributed by atoms with E-state index in [9.17, 15) is 0 Å². The van der Waals surface area contributed by atoms with Crippen molar-refractivity contribution < 1.29 is 9.16 Å². The van der Waals surface area contributed by atoms with Crippen molar-refractivity contribution in [2.24, 2.45) is 0 Å². The molecule has 0 spiro atoms. The lowest BCUT2D eigenvalue weighted by atomic mass is 9.99. The van der Waals surface area contributed by atoms with E-state index in [1.54, 1.807) is 0 Å². The summed E-state index contributed by atoms with van der Waals surface area (Å²) in [6.07, 6.45) is 3.39. The molecule has 0 radical (unpaired) electrons. The Bertz CT molecular complexity index is 748. The first kappa shape index (κ1) is 27.5. The number of hydrogen-bond donors (Lipinski definition) is 0. The van der Waals surface area contributed by atoms with Crippen molar-refractivity contribution in [2.75, 3.05) is 7.11 Å². The Labute approximate surface area is 193 Å². The van der Waals surface area contributed by atoms with Gasteiger partial charge in [-0.15, -0.1) is 0 Å². The molecule has 31 heavy (non-hydrogen) atoms. The molecule has 0 amide bonds. The Morgan fingerprint density at radius 2 is 1.19 bits per heavy atom. The Morgan fingerprint density at radius 3 is 1.55 bits per heavy atom. The first-order valence-electron chi connectivity index (χ1n) is 11.9. The van der Waals surface area contributed by atoms with Crippen molar-refractivity contribution in [3.05, 3.63) is 59.7 Å². The first-order chi connectivity index (χ1) is 14.5. The summed E-state index contributed by atoms with van der Waals surface area (Å²) in [6.45, 7) is 19.8. The molecule has 0 heterocycles. The van der Waals surface area contributed by atoms with Gasteiger partial charge in [0.2, 0.25) is 8.32 Å². The van der Waals surface area contributed by atoms with Crippen molar-refractivity contribution in [2.45, 2.75) is 98.3 Å². The molecule has 0 N–H and O–H groups in total. The highest BCUT2D eigenvalue weighted by atomic mass is 28.4. The van der Waals surface area contributed by atoms with Gasteiger partial charge in [-0.2, -0.15) is 0 Å². The van der Waals surface area contributed by atoms with Crippen LogP contribution in [0.3, 0.4) is 0 Å². The second-order valence-corrected chi connectivity index (χ2v) is 13.7. The summed E-state index contributed by atoms with van der Waals surface area (Å²) in [5.74, 6) is 2.26. The number of ether oxygens (including phenoxy) is 1. The molecule has 2 rings (SSSR count). The minimum absolute atomic E-state index is 0.0715. The van der Waals surface area contributed by atoms with Crippen LogP contribution in [0.1, 0.15) is 90.7 Å². The van der Waals surface area contributed by atoms with Gasteiger partial charge in [0.05, 0.1) is 0 Å². The number of benzene rings is 2. The van der Waals surface area contributed by atoms with Crippen molar-refractivity contribution in [3.63, 3.8) is 0 Å². The molecule has 2 unspecified atom stereocenters. The second kappa shape index (κ2) is 12.5. The van der Waals surface area contributed by atoms with Gasteiger partial charge in [-0.3, -0.25) is 0 Å². The predicted octanol–water partition coefficient (Wildman–Crippen LogP) is 8.03. The largest absolute Gasteiger partial charge is 0.488 e. The van der Waals surface area contributed by atoms with E-state index in [1.807, 2.05) is 7.11 Å². The summed E-state index contributed by atoms with van der Waals surface area (Å²) < 4.78 is 11.5. The second-order valence-electron chi connectivity index (χ2n) is 9.74. The molecule has 0 saturated heterocycles. The maximum Gasteiger partial charge on any atom is 0.217 e. The van der Waals surface area contributed by atoms with Crippen LogP contribution in [0.5, 0.6) is 5.75 Å². The molecule has 2 aromatic carbocycles. The lowest BCUT2D eigenvalue weighted by Crippen LogP contribution is -2.43. The SMILES string of the molecule is CCC(C)c1ccc(OC(C)(C)CC)cc1.CCC(C)c1ccc([Si](C)(C)OC)cc1. The van der Waals surface area contributed by atoms with E-state index in [4.69, 9.17) is 9.16 Å². The molecule has 2 aromatic rings. The fourth-order valence-electron chi connectivity index (χ4n) is 3.06. The van der Waals surface area contributed by atoms with Gasteiger partial charge in [-0.05, 0) is 86.5 Å². The Morgan fingerprint density at radius 1 is 0.774 bits per heavy atom. The van der Waals surface area contributed by atoms with E-state index in [1.165, 1.54) is 29.2 Å². The van der Waals surface area contributed by atoms with E-state index < -0.39 is 8.32 Å². The topological polar surface area (TPSA) is 18.5 Å². The van der Waals surface area contributed by atoms with Crippen molar-refractivity contribution in [1.82, 2.24) is 0 Å². The van der Waals surface area contributed by atoms with E-state index in [-0.39, 0.29) is 5.60 Å². The molecule has 2 nitrogen and oxygen atoms in total. The summed E-state index contributed by atoms with van der Waals surface area (Å²) in [4.78, 5) is 0. The zero-order valence-corrected chi connectivity index (χ0v) is 22.7. The van der Waals surface area contributed by atoms with Gasteiger partial charge in [-0.1, -0.05) is 71.0 Å². The zero-order chi connectivity index (χ0) is 23.7. The zero-order valence-electron chi connectivity index (χ0n) is 21.7. The molecule has 0 aliphatic carbocycles. The molecule has 0 aromatic heterocycles. The predicted molar refractivity (Wildman–Crippen MR) is 139 cm³/mol. The third-order valence-electron chi connectivity index (χ3n) is 6.60. The fraction of sp³-hybridized carbons (Fsp3) is 0.571. The fourth-order valence-corrected chi connectivity index (χ4v) is 4.26. The Hall–Kier alpha value is -1.58. The standard InChI is InChI=1S/C15H24O.C13H22OSi/c1-6-12(3)13-8-10-14(11-9-13)16-15(4,5)7-2;1-6-11(2)12-7-9-13(10-8-12)15(4,5)14-3/h8-12H,6-7H2,1-5H3;7-11H,6H2,1-5H3. The van der Waals surface area contributed by atoms with Crippen molar-refractivity contribution in [1.29, 1.82) is 0 Å². The van der Waals surface area contributed by atoms with Gasteiger partial charge >= 0.3 is 0 Å². The monoisotopic (exact) mass is 442 g/mol. The normalized spacial score (nSPS) is 13.7. The first-order valence-corrected chi connectivity index (χ1v) is 14.8. The summed E-state index contributed by atoms with van der Waals surface area (Å²) in [5.41, 5.74) is 2.75. The summed E-state index contributed by atoms with van der Waals surface area (Å²) >= 11 is 0. The van der Waals surface area contributed by atoms with E-state index in [0.29, 0.717) is 11.8 Å². The van der Waals surface area contributed by atoms with Crippen LogP contribution >= 0.6 is 0 Å². The average molecular weight is 443 g/mol. The smallest absolute Gasteiger partial charge is 0.217 e. The number of rotatable bonds is 9. The molecular weight excluding hydrogens is 396 g/mol. The van der Waals surface area contributed by atoms with Crippen LogP contribution in [0.4, 0.5) is 0 Å². The highest BCUT2D eigenvalue weighted by molar-refractivity contribution is 6.84. The summed E-state index contributed by atoms with van der Waals surface area (Å²) in [6, 6.07) is 17.5. The third kappa shape index (κ3) is 8.82. The molecule has 0 aliphatic rings. The highest BCUT2D eigenvalue weighted by Crippen LogP contribution is 2.25. The van der Waals surface area contributed by atoms with Gasteiger partial charge < -0.3 is 9.16 Å². The molecule has 0 fully saturated rings. The molecule has 174 valence electrons. The lowest BCUT2D eigenvalue weighted by Gasteiger charge is -2.25. The van der Waals surface area contributed by atoms with Crippen LogP contribution in [0.25, 0.3) is 0 Å². The van der Waals surface area contributed by atoms with E-state index in [0.717, 1.165) is 12.2 Å². The van der Waals surface area contributed by atoms with Crippen LogP contribution in [-0.4, -0.2) is 21.0 Å². The molecule has 2 atom stereocenters. The molecular formula is C28H46O2Si. The van der Waals surface area contributed by atoms with Gasteiger partial charge in [-0.25, -0.2) is 0 Å². The average Bonchev–Trinajstić information content (AvgIpc) is 2.78. The molecule has 0 saturated carbocycles. The third-order valence-corrected chi connectivity index (χ3v) is 9.35. The van der Waals surface area contributed by atoms with Crippen LogP contribution in [0.15, 0.2) is 48.5 Å². The summed E-state index contributed by atoms with van der Waals surface area (Å²) in [7, 11) is 0.193. The molecule has 0 aliphatic heterocycles. The Balaban J connectivity index is 0.000000311. The lowest BCUT2D eigenvalue weighted by molar-refractivity contribution is 0.105. The van der Waals surface area contributed by atoms with Crippen LogP contribution in [0, 0.1) is 0 Å². The molecule has 0 bridgehead atoms. The number of hydrogen-bond acceptors (Lipinski definition) is 2. The molecule has 3 heteroatoms. The highest BCUT2D eigenvalue weighted by Gasteiger charge is 2.23. The van der Waals surface area contributed by atoms with Gasteiger partial charge in [0.1, 0.15) is 11.4 Å². The van der Waals surface area contributed by atoms with E-state index in [2.05, 4.69) is 110 Å². The van der Waals surface area contributed by atoms with E-state index >= 15 is 0 Å². The minimum Gasteiger partial charge on any atom is -0.488 e. The summed E-state index contributed by atoms with van der Waals surface area (Å²) in [5, 5.41) is 1.37. The van der Waals surface area contributed by atoms with Crippen LogP contribution < -0.4 is 9.92 Å². The minimum atomic E-state index is -1.62. The van der Waals surface area contributed by atoms with Crippen LogP contribution in [0.2, 0.25) is 13.1 Å². The Kier molecular flexibility index (Phi) is 11.0. The van der Waals surface area contributed by atoms with Gasteiger partial charge in [0, 0.05) is 7.11 Å². The van der Waals surface area contributed by atoms with Crippen molar-refractivity contribution in [3.8, 4) is 5.75 Å². The maximum absolute atomic E-state index is 5.92. The maximum atomic E-state index is 5.92. The quantitative estimate of drug-likeness (QED) is 0.366.